The van der Waals surface area contributed by atoms with E-state index in [4.69, 9.17) is 16.3 Å². The summed E-state index contributed by atoms with van der Waals surface area (Å²) in [7, 11) is 1.58. The SMILES string of the molecule is COc1ccc(Cl)cc1Nc1ncnc2c1cnn2-c1ccc(F)cc1. The van der Waals surface area contributed by atoms with E-state index >= 15 is 0 Å². The smallest absolute Gasteiger partial charge is 0.168 e. The predicted molar refractivity (Wildman–Crippen MR) is 97.9 cm³/mol. The third-order valence-electron chi connectivity index (χ3n) is 3.85. The van der Waals surface area contributed by atoms with E-state index in [0.29, 0.717) is 39.0 Å². The fraction of sp³-hybridized carbons (Fsp3) is 0.0556. The summed E-state index contributed by atoms with van der Waals surface area (Å²) in [6, 6.07) is 11.3. The fourth-order valence-corrected chi connectivity index (χ4v) is 2.79. The van der Waals surface area contributed by atoms with Gasteiger partial charge in [-0.05, 0) is 42.5 Å². The molecule has 0 fully saturated rings. The highest BCUT2D eigenvalue weighted by Crippen LogP contribution is 2.32. The van der Waals surface area contributed by atoms with Crippen LogP contribution < -0.4 is 10.1 Å². The zero-order valence-corrected chi connectivity index (χ0v) is 14.4. The zero-order chi connectivity index (χ0) is 18.1. The van der Waals surface area contributed by atoms with E-state index in [1.165, 1.54) is 18.5 Å². The minimum atomic E-state index is -0.310. The van der Waals surface area contributed by atoms with Gasteiger partial charge in [0, 0.05) is 5.02 Å². The number of halogens is 2. The number of benzene rings is 2. The minimum Gasteiger partial charge on any atom is -0.495 e. The Morgan fingerprint density at radius 2 is 1.92 bits per heavy atom. The molecule has 4 aromatic rings. The first-order valence-electron chi connectivity index (χ1n) is 7.71. The van der Waals surface area contributed by atoms with Gasteiger partial charge in [0.2, 0.25) is 0 Å². The molecular formula is C18H13ClFN5O. The number of anilines is 2. The first kappa shape index (κ1) is 16.3. The van der Waals surface area contributed by atoms with Crippen LogP contribution in [0.2, 0.25) is 5.02 Å². The van der Waals surface area contributed by atoms with Gasteiger partial charge >= 0.3 is 0 Å². The van der Waals surface area contributed by atoms with Gasteiger partial charge in [0.05, 0.1) is 30.1 Å². The lowest BCUT2D eigenvalue weighted by molar-refractivity contribution is 0.417. The van der Waals surface area contributed by atoms with Gasteiger partial charge < -0.3 is 10.1 Å². The predicted octanol–water partition coefficient (Wildman–Crippen LogP) is 4.36. The maximum atomic E-state index is 13.2. The van der Waals surface area contributed by atoms with Gasteiger partial charge in [-0.1, -0.05) is 11.6 Å². The van der Waals surface area contributed by atoms with Crippen molar-refractivity contribution in [2.75, 3.05) is 12.4 Å². The summed E-state index contributed by atoms with van der Waals surface area (Å²) in [6.45, 7) is 0. The Balaban J connectivity index is 1.78. The van der Waals surface area contributed by atoms with Gasteiger partial charge in [-0.2, -0.15) is 5.10 Å². The van der Waals surface area contributed by atoms with E-state index < -0.39 is 0 Å². The van der Waals surface area contributed by atoms with Crippen molar-refractivity contribution in [3.8, 4) is 11.4 Å². The molecule has 0 aliphatic carbocycles. The van der Waals surface area contributed by atoms with Crippen molar-refractivity contribution in [3.63, 3.8) is 0 Å². The lowest BCUT2D eigenvalue weighted by Gasteiger charge is -2.11. The first-order valence-corrected chi connectivity index (χ1v) is 8.09. The molecule has 0 radical (unpaired) electrons. The summed E-state index contributed by atoms with van der Waals surface area (Å²) in [5, 5.41) is 8.84. The number of aromatic nitrogens is 4. The molecule has 2 heterocycles. The molecule has 4 rings (SSSR count). The number of nitrogens with one attached hydrogen (secondary N) is 1. The van der Waals surface area contributed by atoms with Crippen LogP contribution in [0.5, 0.6) is 5.75 Å². The normalized spacial score (nSPS) is 10.9. The Kier molecular flexibility index (Phi) is 4.14. The van der Waals surface area contributed by atoms with Crippen molar-refractivity contribution < 1.29 is 9.13 Å². The van der Waals surface area contributed by atoms with Gasteiger partial charge in [0.25, 0.3) is 0 Å². The Morgan fingerprint density at radius 1 is 1.12 bits per heavy atom. The molecule has 2 aromatic carbocycles. The van der Waals surface area contributed by atoms with Crippen molar-refractivity contribution >= 4 is 34.1 Å². The maximum Gasteiger partial charge on any atom is 0.168 e. The summed E-state index contributed by atoms with van der Waals surface area (Å²) in [6.07, 6.45) is 3.08. The van der Waals surface area contributed by atoms with Crippen LogP contribution in [0.4, 0.5) is 15.9 Å². The summed E-state index contributed by atoms with van der Waals surface area (Å²) < 4.78 is 20.1. The second-order valence-electron chi connectivity index (χ2n) is 5.46. The molecule has 0 spiro atoms. The highest BCUT2D eigenvalue weighted by atomic mass is 35.5. The molecule has 130 valence electrons. The molecule has 1 N–H and O–H groups in total. The molecule has 6 nitrogen and oxygen atoms in total. The van der Waals surface area contributed by atoms with Crippen LogP contribution in [0.3, 0.4) is 0 Å². The maximum absolute atomic E-state index is 13.2. The monoisotopic (exact) mass is 369 g/mol. The van der Waals surface area contributed by atoms with Crippen molar-refractivity contribution in [2.45, 2.75) is 0 Å². The topological polar surface area (TPSA) is 64.9 Å². The second-order valence-corrected chi connectivity index (χ2v) is 5.90. The Morgan fingerprint density at radius 3 is 2.69 bits per heavy atom. The molecule has 26 heavy (non-hydrogen) atoms. The molecule has 0 saturated heterocycles. The molecular weight excluding hydrogens is 357 g/mol. The van der Waals surface area contributed by atoms with E-state index in [-0.39, 0.29) is 5.82 Å². The average molecular weight is 370 g/mol. The largest absolute Gasteiger partial charge is 0.495 e. The van der Waals surface area contributed by atoms with Crippen molar-refractivity contribution in [3.05, 3.63) is 65.8 Å². The minimum absolute atomic E-state index is 0.310. The van der Waals surface area contributed by atoms with Crippen LogP contribution >= 0.6 is 11.6 Å². The Bertz CT molecular complexity index is 1080. The number of ether oxygens (including phenoxy) is 1. The third-order valence-corrected chi connectivity index (χ3v) is 4.09. The molecule has 8 heteroatoms. The van der Waals surface area contributed by atoms with Crippen LogP contribution in [0.1, 0.15) is 0 Å². The summed E-state index contributed by atoms with van der Waals surface area (Å²) in [5.74, 6) is 0.881. The van der Waals surface area contributed by atoms with E-state index in [1.54, 1.807) is 48.3 Å². The van der Waals surface area contributed by atoms with Gasteiger partial charge in [-0.15, -0.1) is 0 Å². The quantitative estimate of drug-likeness (QED) is 0.579. The lowest BCUT2D eigenvalue weighted by atomic mass is 10.2. The number of rotatable bonds is 4. The molecule has 0 bridgehead atoms. The Labute approximate surface area is 153 Å². The van der Waals surface area contributed by atoms with Crippen LogP contribution in [0, 0.1) is 5.82 Å². The van der Waals surface area contributed by atoms with Crippen LogP contribution in [-0.4, -0.2) is 26.9 Å². The summed E-state index contributed by atoms with van der Waals surface area (Å²) >= 11 is 6.08. The van der Waals surface area contributed by atoms with Crippen LogP contribution in [0.15, 0.2) is 55.0 Å². The van der Waals surface area contributed by atoms with Crippen molar-refractivity contribution in [1.82, 2.24) is 19.7 Å². The van der Waals surface area contributed by atoms with Gasteiger partial charge in [-0.25, -0.2) is 19.0 Å². The molecule has 0 atom stereocenters. The van der Waals surface area contributed by atoms with Crippen molar-refractivity contribution in [1.29, 1.82) is 0 Å². The van der Waals surface area contributed by atoms with E-state index in [0.717, 1.165) is 0 Å². The number of nitrogens with zero attached hydrogens (tertiary/aromatic N) is 4. The number of fused-ring (bicyclic) bond motifs is 1. The average Bonchev–Trinajstić information content (AvgIpc) is 3.08. The fourth-order valence-electron chi connectivity index (χ4n) is 2.62. The molecule has 0 aliphatic rings. The molecule has 0 saturated carbocycles. The molecule has 2 aromatic heterocycles. The van der Waals surface area contributed by atoms with Gasteiger partial charge in [0.15, 0.2) is 5.65 Å². The third kappa shape index (κ3) is 2.93. The van der Waals surface area contributed by atoms with Crippen molar-refractivity contribution in [2.24, 2.45) is 0 Å². The Hall–Kier alpha value is -3.19. The van der Waals surface area contributed by atoms with Gasteiger partial charge in [0.1, 0.15) is 23.7 Å². The number of hydrogen-bond acceptors (Lipinski definition) is 5. The van der Waals surface area contributed by atoms with E-state index in [1.807, 2.05) is 0 Å². The lowest BCUT2D eigenvalue weighted by Crippen LogP contribution is -2.00. The molecule has 0 amide bonds. The summed E-state index contributed by atoms with van der Waals surface area (Å²) in [5.41, 5.74) is 1.97. The molecule has 0 unspecified atom stereocenters. The zero-order valence-electron chi connectivity index (χ0n) is 13.6. The highest BCUT2D eigenvalue weighted by molar-refractivity contribution is 6.31. The van der Waals surface area contributed by atoms with Crippen LogP contribution in [0.25, 0.3) is 16.7 Å². The molecule has 0 aliphatic heterocycles. The highest BCUT2D eigenvalue weighted by Gasteiger charge is 2.13. The summed E-state index contributed by atoms with van der Waals surface area (Å²) in [4.78, 5) is 8.59. The van der Waals surface area contributed by atoms with Gasteiger partial charge in [-0.3, -0.25) is 0 Å². The van der Waals surface area contributed by atoms with E-state index in [9.17, 15) is 4.39 Å². The second kappa shape index (κ2) is 6.61. The number of methoxy groups -OCH3 is 1. The van der Waals surface area contributed by atoms with Crippen LogP contribution in [-0.2, 0) is 0 Å². The first-order chi connectivity index (χ1) is 12.7. The standard InChI is InChI=1S/C18H13ClFN5O/c1-26-16-7-2-11(19)8-15(16)24-17-14-9-23-25(18(14)22-10-21-17)13-5-3-12(20)4-6-13/h2-10H,1H3,(H,21,22,24). The number of hydrogen-bond donors (Lipinski definition) is 1. The van der Waals surface area contributed by atoms with E-state index in [2.05, 4.69) is 20.4 Å².